The Bertz CT molecular complexity index is 842. The topological polar surface area (TPSA) is 35.5 Å². The van der Waals surface area contributed by atoms with Crippen molar-refractivity contribution in [1.82, 2.24) is 0 Å². The van der Waals surface area contributed by atoms with Crippen LogP contribution in [-0.4, -0.2) is 38.6 Å². The maximum atomic E-state index is 12.8. The van der Waals surface area contributed by atoms with Gasteiger partial charge in [0.15, 0.2) is 5.52 Å². The molecule has 26 heavy (non-hydrogen) atoms. The molecule has 128 valence electrons. The van der Waals surface area contributed by atoms with Crippen molar-refractivity contribution in [2.45, 2.75) is 0 Å². The van der Waals surface area contributed by atoms with E-state index in [2.05, 4.69) is 12.1 Å². The summed E-state index contributed by atoms with van der Waals surface area (Å²) in [4.78, 5) is 12.8. The zero-order chi connectivity index (χ0) is 17.6. The van der Waals surface area contributed by atoms with Gasteiger partial charge >= 0.3 is 18.9 Å². The molecule has 0 aliphatic carbocycles. The third kappa shape index (κ3) is 4.57. The molecule has 1 unspecified atom stereocenters. The Morgan fingerprint density at radius 2 is 1.27 bits per heavy atom. The van der Waals surface area contributed by atoms with Gasteiger partial charge in [-0.15, -0.1) is 0 Å². The van der Waals surface area contributed by atoms with E-state index in [9.17, 15) is 4.79 Å². The molecule has 3 aromatic rings. The van der Waals surface area contributed by atoms with Gasteiger partial charge in [0.25, 0.3) is 0 Å². The molecule has 0 aliphatic heterocycles. The summed E-state index contributed by atoms with van der Waals surface area (Å²) in [6, 6.07) is 23.6. The van der Waals surface area contributed by atoms with Crippen molar-refractivity contribution in [3.05, 3.63) is 78.4 Å². The summed E-state index contributed by atoms with van der Waals surface area (Å²) in [5.41, 5.74) is 2.80. The summed E-state index contributed by atoms with van der Waals surface area (Å²) < 4.78 is 10.7. The molecule has 0 saturated carbocycles. The minimum absolute atomic E-state index is 0. The second-order valence-corrected chi connectivity index (χ2v) is 6.72. The summed E-state index contributed by atoms with van der Waals surface area (Å²) in [6.07, 6.45) is 0. The minimum atomic E-state index is 0. The molecule has 0 spiro atoms. The fourth-order valence-electron chi connectivity index (χ4n) is 2.65. The van der Waals surface area contributed by atoms with Crippen LogP contribution >= 0.6 is 8.58 Å². The Balaban J connectivity index is 0.00000243. The normalized spacial score (nSPS) is 10.4. The number of hydrogen-bond acceptors (Lipinski definition) is 3. The van der Waals surface area contributed by atoms with Crippen LogP contribution in [0.25, 0.3) is 11.1 Å². The van der Waals surface area contributed by atoms with Crippen LogP contribution in [0.4, 0.5) is 0 Å². The number of ether oxygens (including phenoxy) is 2. The van der Waals surface area contributed by atoms with Gasteiger partial charge in [-0.25, -0.2) is 0 Å². The quantitative estimate of drug-likeness (QED) is 0.496. The molecule has 0 saturated heterocycles. The first kappa shape index (κ1) is 20.3. The van der Waals surface area contributed by atoms with E-state index in [0.29, 0.717) is 17.1 Å². The zero-order valence-electron chi connectivity index (χ0n) is 14.2. The van der Waals surface area contributed by atoms with E-state index in [-0.39, 0.29) is 33.0 Å². The molecule has 1 atom stereocenters. The van der Waals surface area contributed by atoms with E-state index in [0.717, 1.165) is 16.4 Å². The number of carbonyl (C=O) groups excluding carboxylic acids is 1. The molecule has 0 heterocycles. The van der Waals surface area contributed by atoms with Crippen molar-refractivity contribution in [3.63, 3.8) is 0 Å². The summed E-state index contributed by atoms with van der Waals surface area (Å²) in [7, 11) is 3.13. The SMILES string of the molecule is COc1cccc(OC)c1C(=O)Pc1ccc(-c2ccccc2)cc1.[LiH]. The Morgan fingerprint density at radius 3 is 1.81 bits per heavy atom. The second-order valence-electron chi connectivity index (χ2n) is 5.44. The second kappa shape index (κ2) is 9.60. The van der Waals surface area contributed by atoms with E-state index >= 15 is 0 Å². The molecule has 0 aromatic heterocycles. The van der Waals surface area contributed by atoms with Gasteiger partial charge in [-0.1, -0.05) is 60.7 Å². The van der Waals surface area contributed by atoms with E-state index in [1.165, 1.54) is 0 Å². The number of methoxy groups -OCH3 is 2. The van der Waals surface area contributed by atoms with Gasteiger partial charge in [0.1, 0.15) is 17.1 Å². The zero-order valence-corrected chi connectivity index (χ0v) is 15.2. The van der Waals surface area contributed by atoms with E-state index < -0.39 is 0 Å². The average molecular weight is 358 g/mol. The first-order chi connectivity index (χ1) is 12.2. The predicted molar refractivity (Wildman–Crippen MR) is 111 cm³/mol. The average Bonchev–Trinajstić information content (AvgIpc) is 2.68. The van der Waals surface area contributed by atoms with Crippen LogP contribution in [0.15, 0.2) is 72.8 Å². The Hall–Kier alpha value is -2.04. The molecule has 0 radical (unpaired) electrons. The molecule has 3 nitrogen and oxygen atoms in total. The fraction of sp³-hybridized carbons (Fsp3) is 0.0952. The van der Waals surface area contributed by atoms with Crippen molar-refractivity contribution in [1.29, 1.82) is 0 Å². The Morgan fingerprint density at radius 1 is 0.731 bits per heavy atom. The van der Waals surface area contributed by atoms with Crippen molar-refractivity contribution in [2.24, 2.45) is 0 Å². The van der Waals surface area contributed by atoms with Crippen LogP contribution in [0.2, 0.25) is 0 Å². The van der Waals surface area contributed by atoms with Crippen LogP contribution in [0.5, 0.6) is 11.5 Å². The number of rotatable bonds is 6. The molecule has 0 amide bonds. The van der Waals surface area contributed by atoms with Crippen LogP contribution in [-0.2, 0) is 0 Å². The van der Waals surface area contributed by atoms with Crippen molar-refractivity contribution in [2.75, 3.05) is 14.2 Å². The predicted octanol–water partition coefficient (Wildman–Crippen LogP) is 3.87. The number of carbonyl (C=O) groups is 1. The van der Waals surface area contributed by atoms with Gasteiger partial charge in [0.2, 0.25) is 0 Å². The molecule has 5 heteroatoms. The van der Waals surface area contributed by atoms with Crippen LogP contribution in [0, 0.1) is 0 Å². The first-order valence-electron chi connectivity index (χ1n) is 7.90. The Labute approximate surface area is 167 Å². The summed E-state index contributed by atoms with van der Waals surface area (Å²) >= 11 is 0. The summed E-state index contributed by atoms with van der Waals surface area (Å²) in [5, 5.41) is 0.984. The Kier molecular flexibility index (Phi) is 7.48. The van der Waals surface area contributed by atoms with E-state index in [1.54, 1.807) is 26.4 Å². The van der Waals surface area contributed by atoms with E-state index in [4.69, 9.17) is 9.47 Å². The fourth-order valence-corrected chi connectivity index (χ4v) is 3.61. The summed E-state index contributed by atoms with van der Waals surface area (Å²) in [5.74, 6) is 1.08. The van der Waals surface area contributed by atoms with Crippen molar-refractivity contribution < 1.29 is 14.3 Å². The van der Waals surface area contributed by atoms with Gasteiger partial charge in [-0.2, -0.15) is 0 Å². The standard InChI is InChI=1S/C21H19O3P.Li.H/c1-23-18-9-6-10-19(24-2)20(18)21(22)25-17-13-11-16(12-14-17)15-7-4-3-5-8-15;;/h3-14,25H,1-2H3;;. The molecule has 0 N–H and O–H groups in total. The first-order valence-corrected chi connectivity index (χ1v) is 8.90. The summed E-state index contributed by atoms with van der Waals surface area (Å²) in [6.45, 7) is 0. The van der Waals surface area contributed by atoms with Crippen LogP contribution in [0.3, 0.4) is 0 Å². The third-order valence-electron chi connectivity index (χ3n) is 3.90. The van der Waals surface area contributed by atoms with Crippen LogP contribution < -0.4 is 14.8 Å². The van der Waals surface area contributed by atoms with Crippen molar-refractivity contribution in [3.8, 4) is 22.6 Å². The third-order valence-corrected chi connectivity index (χ3v) is 5.00. The van der Waals surface area contributed by atoms with Gasteiger partial charge < -0.3 is 9.47 Å². The molecule has 0 fully saturated rings. The maximum absolute atomic E-state index is 12.8. The monoisotopic (exact) mass is 358 g/mol. The molecule has 3 aromatic carbocycles. The van der Waals surface area contributed by atoms with Gasteiger partial charge in [0, 0.05) is 0 Å². The molecule has 0 aliphatic rings. The number of benzene rings is 3. The molecular weight excluding hydrogens is 338 g/mol. The number of hydrogen-bond donors (Lipinski definition) is 0. The molecule has 0 bridgehead atoms. The van der Waals surface area contributed by atoms with Gasteiger partial charge in [-0.05, 0) is 37.1 Å². The molecular formula is C21H20LiO3P. The van der Waals surface area contributed by atoms with Crippen molar-refractivity contribution >= 4 is 38.3 Å². The van der Waals surface area contributed by atoms with Crippen LogP contribution in [0.1, 0.15) is 10.4 Å². The van der Waals surface area contributed by atoms with Gasteiger partial charge in [0.05, 0.1) is 14.2 Å². The van der Waals surface area contributed by atoms with Gasteiger partial charge in [-0.3, -0.25) is 4.79 Å². The molecule has 3 rings (SSSR count). The van der Waals surface area contributed by atoms with E-state index in [1.807, 2.05) is 48.5 Å².